The molecule has 0 radical (unpaired) electrons. The third kappa shape index (κ3) is 5.93. The van der Waals surface area contributed by atoms with Crippen LogP contribution in [-0.4, -0.2) is 60.3 Å². The van der Waals surface area contributed by atoms with Gasteiger partial charge in [-0.2, -0.15) is 0 Å². The van der Waals surface area contributed by atoms with Crippen LogP contribution >= 0.6 is 24.0 Å². The Labute approximate surface area is 156 Å². The fraction of sp³-hybridized carbons (Fsp3) is 0.812. The van der Waals surface area contributed by atoms with Gasteiger partial charge in [-0.3, -0.25) is 19.5 Å². The van der Waals surface area contributed by atoms with Gasteiger partial charge in [0.2, 0.25) is 11.8 Å². The monoisotopic (exact) mass is 436 g/mol. The summed E-state index contributed by atoms with van der Waals surface area (Å²) in [6.45, 7) is 8.09. The molecule has 0 aliphatic carbocycles. The van der Waals surface area contributed by atoms with Crippen LogP contribution in [0.15, 0.2) is 4.99 Å². The van der Waals surface area contributed by atoms with Gasteiger partial charge in [-0.15, -0.1) is 24.0 Å². The number of hydrogen-bond acceptors (Lipinski definition) is 3. The number of carbonyl (C=O) groups excluding carboxylic acids is 2. The molecule has 132 valence electrons. The maximum atomic E-state index is 11.8. The van der Waals surface area contributed by atoms with E-state index in [1.165, 1.54) is 17.7 Å². The van der Waals surface area contributed by atoms with Crippen LogP contribution in [0.25, 0.3) is 0 Å². The van der Waals surface area contributed by atoms with E-state index < -0.39 is 0 Å². The maximum Gasteiger partial charge on any atom is 0.229 e. The van der Waals surface area contributed by atoms with Gasteiger partial charge >= 0.3 is 0 Å². The smallest absolute Gasteiger partial charge is 0.229 e. The number of halogens is 1. The van der Waals surface area contributed by atoms with Crippen molar-refractivity contribution in [3.8, 4) is 0 Å². The van der Waals surface area contributed by atoms with Gasteiger partial charge in [0, 0.05) is 39.0 Å². The lowest BCUT2D eigenvalue weighted by Gasteiger charge is -2.33. The first-order valence-electron chi connectivity index (χ1n) is 8.48. The number of nitrogens with zero attached hydrogens (tertiary/aromatic N) is 3. The second-order valence-electron chi connectivity index (χ2n) is 6.20. The molecule has 0 spiro atoms. The highest BCUT2D eigenvalue weighted by Gasteiger charge is 2.25. The van der Waals surface area contributed by atoms with Crippen LogP contribution in [0.3, 0.4) is 0 Å². The lowest BCUT2D eigenvalue weighted by molar-refractivity contribution is -0.147. The summed E-state index contributed by atoms with van der Waals surface area (Å²) in [6, 6.07) is 0. The highest BCUT2D eigenvalue weighted by molar-refractivity contribution is 14.0. The summed E-state index contributed by atoms with van der Waals surface area (Å²) in [5.74, 6) is 1.58. The molecule has 2 aliphatic rings. The molecular weight excluding hydrogens is 407 g/mol. The molecule has 0 atom stereocenters. The summed E-state index contributed by atoms with van der Waals surface area (Å²) in [4.78, 5) is 31.8. The van der Waals surface area contributed by atoms with Crippen LogP contribution < -0.4 is 5.32 Å². The van der Waals surface area contributed by atoms with Crippen LogP contribution in [0.2, 0.25) is 0 Å². The van der Waals surface area contributed by atoms with Gasteiger partial charge in [0.25, 0.3) is 0 Å². The second-order valence-corrected chi connectivity index (χ2v) is 6.20. The van der Waals surface area contributed by atoms with E-state index in [2.05, 4.69) is 29.1 Å². The van der Waals surface area contributed by atoms with E-state index in [9.17, 15) is 9.59 Å². The molecule has 1 N–H and O–H groups in total. The number of amides is 2. The molecule has 7 heteroatoms. The van der Waals surface area contributed by atoms with Gasteiger partial charge in [-0.1, -0.05) is 6.92 Å². The lowest BCUT2D eigenvalue weighted by Crippen LogP contribution is -2.46. The lowest BCUT2D eigenvalue weighted by atomic mass is 10.00. The zero-order valence-electron chi connectivity index (χ0n) is 14.2. The number of guanidine groups is 1. The molecule has 2 rings (SSSR count). The highest BCUT2D eigenvalue weighted by Crippen LogP contribution is 2.16. The molecule has 0 aromatic carbocycles. The van der Waals surface area contributed by atoms with Crippen molar-refractivity contribution in [2.45, 2.75) is 46.0 Å². The first-order chi connectivity index (χ1) is 10.6. The van der Waals surface area contributed by atoms with Gasteiger partial charge in [-0.25, -0.2) is 0 Å². The van der Waals surface area contributed by atoms with Crippen LogP contribution in [0.5, 0.6) is 0 Å². The number of nitrogens with one attached hydrogen (secondary N) is 1. The summed E-state index contributed by atoms with van der Waals surface area (Å²) in [5, 5.41) is 3.31. The Kier molecular flexibility index (Phi) is 8.86. The van der Waals surface area contributed by atoms with Crippen molar-refractivity contribution in [1.82, 2.24) is 15.1 Å². The fourth-order valence-electron chi connectivity index (χ4n) is 2.95. The Hall–Kier alpha value is -0.860. The molecule has 2 amide bonds. The number of imide groups is 1. The largest absolute Gasteiger partial charge is 0.357 e. The molecule has 0 saturated carbocycles. The highest BCUT2D eigenvalue weighted by atomic mass is 127. The molecule has 2 heterocycles. The summed E-state index contributed by atoms with van der Waals surface area (Å²) in [5.41, 5.74) is 0. The van der Waals surface area contributed by atoms with Crippen molar-refractivity contribution >= 4 is 41.8 Å². The summed E-state index contributed by atoms with van der Waals surface area (Å²) in [6.07, 6.45) is 4.03. The van der Waals surface area contributed by atoms with Crippen molar-refractivity contribution in [1.29, 1.82) is 0 Å². The normalized spacial score (nSPS) is 20.5. The van der Waals surface area contributed by atoms with Gasteiger partial charge in [0.05, 0.1) is 6.54 Å². The predicted octanol–water partition coefficient (Wildman–Crippen LogP) is 1.84. The van der Waals surface area contributed by atoms with Crippen molar-refractivity contribution < 1.29 is 9.59 Å². The molecule has 0 aromatic rings. The SMILES string of the molecule is CCNC(=NCCN1C(=O)CCCC1=O)N1CCC(C)CC1.I. The topological polar surface area (TPSA) is 65.0 Å². The van der Waals surface area contributed by atoms with Crippen molar-refractivity contribution in [3.63, 3.8) is 0 Å². The number of likely N-dealkylation sites (tertiary alicyclic amines) is 2. The number of carbonyl (C=O) groups is 2. The number of piperidine rings is 2. The molecule has 6 nitrogen and oxygen atoms in total. The Morgan fingerprint density at radius 3 is 2.39 bits per heavy atom. The predicted molar refractivity (Wildman–Crippen MR) is 102 cm³/mol. The molecule has 23 heavy (non-hydrogen) atoms. The minimum absolute atomic E-state index is 0. The molecule has 2 fully saturated rings. The van der Waals surface area contributed by atoms with E-state index in [0.29, 0.717) is 32.4 Å². The van der Waals surface area contributed by atoms with Gasteiger partial charge in [0.15, 0.2) is 5.96 Å². The molecule has 0 bridgehead atoms. The van der Waals surface area contributed by atoms with E-state index >= 15 is 0 Å². The minimum Gasteiger partial charge on any atom is -0.357 e. The first kappa shape index (κ1) is 20.2. The third-order valence-electron chi connectivity index (χ3n) is 4.39. The Balaban J connectivity index is 0.00000264. The van der Waals surface area contributed by atoms with Crippen LogP contribution in [-0.2, 0) is 9.59 Å². The van der Waals surface area contributed by atoms with Crippen molar-refractivity contribution in [2.24, 2.45) is 10.9 Å². The molecular formula is C16H29IN4O2. The molecule has 2 aliphatic heterocycles. The fourth-order valence-corrected chi connectivity index (χ4v) is 2.95. The summed E-state index contributed by atoms with van der Waals surface area (Å²) in [7, 11) is 0. The maximum absolute atomic E-state index is 11.8. The zero-order valence-corrected chi connectivity index (χ0v) is 16.5. The molecule has 0 unspecified atom stereocenters. The van der Waals surface area contributed by atoms with Crippen LogP contribution in [0.1, 0.15) is 46.0 Å². The number of hydrogen-bond donors (Lipinski definition) is 1. The van der Waals surface area contributed by atoms with Gasteiger partial charge < -0.3 is 10.2 Å². The minimum atomic E-state index is -0.0525. The van der Waals surface area contributed by atoms with E-state index in [1.54, 1.807) is 0 Å². The van der Waals surface area contributed by atoms with Crippen molar-refractivity contribution in [2.75, 3.05) is 32.7 Å². The van der Waals surface area contributed by atoms with Crippen molar-refractivity contribution in [3.05, 3.63) is 0 Å². The quantitative estimate of drug-likeness (QED) is 0.316. The van der Waals surface area contributed by atoms with E-state index in [-0.39, 0.29) is 35.8 Å². The molecule has 0 aromatic heterocycles. The van der Waals surface area contributed by atoms with E-state index in [0.717, 1.165) is 31.5 Å². The summed E-state index contributed by atoms with van der Waals surface area (Å²) < 4.78 is 0. The average Bonchev–Trinajstić information content (AvgIpc) is 2.50. The standard InChI is InChI=1S/C16H28N4O2.HI/c1-3-17-16(19-10-7-13(2)8-11-19)18-9-12-20-14(21)5-4-6-15(20)22;/h13H,3-12H2,1-2H3,(H,17,18);1H. The Morgan fingerprint density at radius 2 is 1.83 bits per heavy atom. The van der Waals surface area contributed by atoms with Gasteiger partial charge in [-0.05, 0) is 32.1 Å². The first-order valence-corrected chi connectivity index (χ1v) is 8.48. The van der Waals surface area contributed by atoms with Crippen LogP contribution in [0.4, 0.5) is 0 Å². The number of rotatable bonds is 4. The third-order valence-corrected chi connectivity index (χ3v) is 4.39. The Morgan fingerprint density at radius 1 is 1.22 bits per heavy atom. The van der Waals surface area contributed by atoms with E-state index in [4.69, 9.17) is 0 Å². The zero-order chi connectivity index (χ0) is 15.9. The Bertz CT molecular complexity index is 418. The number of aliphatic imine (C=N–C) groups is 1. The summed E-state index contributed by atoms with van der Waals surface area (Å²) >= 11 is 0. The van der Waals surface area contributed by atoms with Gasteiger partial charge in [0.1, 0.15) is 0 Å². The average molecular weight is 436 g/mol. The van der Waals surface area contributed by atoms with Crippen LogP contribution in [0, 0.1) is 5.92 Å². The molecule has 2 saturated heterocycles. The van der Waals surface area contributed by atoms with E-state index in [1.807, 2.05) is 0 Å². The second kappa shape index (κ2) is 10.1.